The summed E-state index contributed by atoms with van der Waals surface area (Å²) < 4.78 is 5.75. The van der Waals surface area contributed by atoms with Gasteiger partial charge in [-0.3, -0.25) is 0 Å². The zero-order chi connectivity index (χ0) is 21.7. The molecule has 0 aliphatic rings. The number of ether oxygens (including phenoxy) is 1. The summed E-state index contributed by atoms with van der Waals surface area (Å²) in [5, 5.41) is 18.8. The summed E-state index contributed by atoms with van der Waals surface area (Å²) in [6.07, 6.45) is 0.469. The van der Waals surface area contributed by atoms with Gasteiger partial charge in [0.25, 0.3) is 0 Å². The van der Waals surface area contributed by atoms with E-state index in [-0.39, 0.29) is 0 Å². The second-order valence-electron chi connectivity index (χ2n) is 6.54. The monoisotopic (exact) mass is 440 g/mol. The zero-order valence-corrected chi connectivity index (χ0v) is 18.5. The molecule has 3 rings (SSSR count). The van der Waals surface area contributed by atoms with Crippen LogP contribution in [0.25, 0.3) is 10.1 Å². The second-order valence-corrected chi connectivity index (χ2v) is 8.00. The Morgan fingerprint density at radius 3 is 2.77 bits per heavy atom. The fourth-order valence-electron chi connectivity index (χ4n) is 3.12. The number of aryl methyl sites for hydroxylation is 1. The lowest BCUT2D eigenvalue weighted by Gasteiger charge is -2.22. The molecule has 1 heterocycles. The van der Waals surface area contributed by atoms with Gasteiger partial charge in [0.1, 0.15) is 10.6 Å². The van der Waals surface area contributed by atoms with E-state index in [1.165, 1.54) is 18.4 Å². The average Bonchev–Trinajstić information content (AvgIpc) is 3.13. The van der Waals surface area contributed by atoms with Crippen LogP contribution in [-0.4, -0.2) is 26.2 Å². The normalized spacial score (nSPS) is 11.0. The van der Waals surface area contributed by atoms with Crippen molar-refractivity contribution in [2.75, 3.05) is 25.1 Å². The van der Waals surface area contributed by atoms with E-state index < -0.39 is 5.97 Å². The summed E-state index contributed by atoms with van der Waals surface area (Å²) >= 11 is 7.66. The SMILES string of the molecule is CCN(CCC#N)c1ccc(N=Nc2c(C(=O)OC)sc3cccc(Cl)c23)c(C)c1. The maximum atomic E-state index is 12.2. The van der Waals surface area contributed by atoms with Crippen molar-refractivity contribution in [3.05, 3.63) is 51.9 Å². The van der Waals surface area contributed by atoms with Crippen LogP contribution in [0.1, 0.15) is 28.6 Å². The van der Waals surface area contributed by atoms with Crippen molar-refractivity contribution in [3.63, 3.8) is 0 Å². The van der Waals surface area contributed by atoms with Crippen LogP contribution in [0.15, 0.2) is 46.6 Å². The van der Waals surface area contributed by atoms with E-state index in [2.05, 4.69) is 28.1 Å². The molecule has 0 spiro atoms. The van der Waals surface area contributed by atoms with Crippen molar-refractivity contribution in [1.82, 2.24) is 0 Å². The predicted octanol–water partition coefficient (Wildman–Crippen LogP) is 6.81. The van der Waals surface area contributed by atoms with Crippen molar-refractivity contribution in [3.8, 4) is 6.07 Å². The van der Waals surface area contributed by atoms with Crippen LogP contribution in [0, 0.1) is 18.3 Å². The molecule has 30 heavy (non-hydrogen) atoms. The quantitative estimate of drug-likeness (QED) is 0.298. The summed E-state index contributed by atoms with van der Waals surface area (Å²) in [7, 11) is 1.34. The Hall–Kier alpha value is -2.95. The number of thiophene rings is 1. The van der Waals surface area contributed by atoms with E-state index in [4.69, 9.17) is 21.6 Å². The van der Waals surface area contributed by atoms with E-state index in [0.29, 0.717) is 39.6 Å². The molecule has 0 radical (unpaired) electrons. The lowest BCUT2D eigenvalue weighted by molar-refractivity contribution is 0.0607. The van der Waals surface area contributed by atoms with E-state index in [0.717, 1.165) is 22.5 Å². The number of benzene rings is 2. The molecule has 2 aromatic carbocycles. The molecule has 3 aromatic rings. The van der Waals surface area contributed by atoms with Crippen LogP contribution in [0.2, 0.25) is 5.02 Å². The first kappa shape index (κ1) is 21.8. The predicted molar refractivity (Wildman–Crippen MR) is 122 cm³/mol. The van der Waals surface area contributed by atoms with Crippen LogP contribution >= 0.6 is 22.9 Å². The largest absolute Gasteiger partial charge is 0.465 e. The lowest BCUT2D eigenvalue weighted by Crippen LogP contribution is -2.23. The second kappa shape index (κ2) is 9.70. The molecule has 0 fully saturated rings. The highest BCUT2D eigenvalue weighted by Gasteiger charge is 2.21. The Bertz CT molecular complexity index is 1150. The molecule has 154 valence electrons. The summed E-state index contributed by atoms with van der Waals surface area (Å²) in [5.74, 6) is -0.468. The van der Waals surface area contributed by atoms with Crippen molar-refractivity contribution in [2.24, 2.45) is 10.2 Å². The molecule has 6 nitrogen and oxygen atoms in total. The molecular formula is C22H21ClN4O2S. The van der Waals surface area contributed by atoms with Gasteiger partial charge in [-0.05, 0) is 49.7 Å². The Labute approximate surface area is 184 Å². The molecule has 1 aromatic heterocycles. The minimum Gasteiger partial charge on any atom is -0.465 e. The topological polar surface area (TPSA) is 78.0 Å². The maximum Gasteiger partial charge on any atom is 0.350 e. The van der Waals surface area contributed by atoms with E-state index in [9.17, 15) is 4.79 Å². The van der Waals surface area contributed by atoms with Crippen LogP contribution in [0.5, 0.6) is 0 Å². The van der Waals surface area contributed by atoms with Gasteiger partial charge < -0.3 is 9.64 Å². The minimum absolute atomic E-state index is 0.368. The molecule has 0 bridgehead atoms. The number of anilines is 1. The molecule has 0 saturated carbocycles. The van der Waals surface area contributed by atoms with Crippen molar-refractivity contribution < 1.29 is 9.53 Å². The molecule has 0 aliphatic heterocycles. The first-order valence-corrected chi connectivity index (χ1v) is 10.6. The van der Waals surface area contributed by atoms with Crippen molar-refractivity contribution >= 4 is 56.1 Å². The highest BCUT2D eigenvalue weighted by molar-refractivity contribution is 7.21. The van der Waals surface area contributed by atoms with Gasteiger partial charge in [-0.2, -0.15) is 10.4 Å². The van der Waals surface area contributed by atoms with Crippen LogP contribution in [0.3, 0.4) is 0 Å². The first-order valence-electron chi connectivity index (χ1n) is 9.43. The fraction of sp³-hybridized carbons (Fsp3) is 0.273. The average molecular weight is 441 g/mol. The highest BCUT2D eigenvalue weighted by Crippen LogP contribution is 2.43. The number of hydrogen-bond donors (Lipinski definition) is 0. The van der Waals surface area contributed by atoms with Gasteiger partial charge in [0.2, 0.25) is 0 Å². The number of halogens is 1. The molecule has 0 amide bonds. The summed E-state index contributed by atoms with van der Waals surface area (Å²) in [6.45, 7) is 5.50. The lowest BCUT2D eigenvalue weighted by atomic mass is 10.1. The Balaban J connectivity index is 1.99. The number of hydrogen-bond acceptors (Lipinski definition) is 7. The van der Waals surface area contributed by atoms with Crippen LogP contribution < -0.4 is 4.90 Å². The number of azo groups is 1. The maximum absolute atomic E-state index is 12.2. The van der Waals surface area contributed by atoms with Gasteiger partial charge in [-0.25, -0.2) is 4.79 Å². The molecule has 0 unspecified atom stereocenters. The van der Waals surface area contributed by atoms with Gasteiger partial charge in [0.15, 0.2) is 0 Å². The van der Waals surface area contributed by atoms with Gasteiger partial charge in [-0.15, -0.1) is 16.5 Å². The summed E-state index contributed by atoms with van der Waals surface area (Å²) in [4.78, 5) is 14.8. The van der Waals surface area contributed by atoms with Crippen molar-refractivity contribution in [1.29, 1.82) is 5.26 Å². The minimum atomic E-state index is -0.468. The van der Waals surface area contributed by atoms with Gasteiger partial charge in [0, 0.05) is 28.9 Å². The van der Waals surface area contributed by atoms with Crippen molar-refractivity contribution in [2.45, 2.75) is 20.3 Å². The molecule has 0 N–H and O–H groups in total. The third kappa shape index (κ3) is 4.45. The number of rotatable bonds is 7. The van der Waals surface area contributed by atoms with Gasteiger partial charge in [-0.1, -0.05) is 17.7 Å². The number of nitriles is 1. The number of esters is 1. The third-order valence-corrected chi connectivity index (χ3v) is 6.13. The first-order chi connectivity index (χ1) is 14.5. The fourth-order valence-corrected chi connectivity index (χ4v) is 4.53. The van der Waals surface area contributed by atoms with Gasteiger partial charge in [0.05, 0.1) is 30.3 Å². The van der Waals surface area contributed by atoms with Gasteiger partial charge >= 0.3 is 5.97 Å². The number of nitrogens with zero attached hydrogens (tertiary/aromatic N) is 4. The Morgan fingerprint density at radius 1 is 1.30 bits per heavy atom. The molecule has 0 saturated heterocycles. The Morgan fingerprint density at radius 2 is 2.10 bits per heavy atom. The van der Waals surface area contributed by atoms with E-state index in [1.807, 2.05) is 37.3 Å². The zero-order valence-electron chi connectivity index (χ0n) is 17.0. The number of methoxy groups -OCH3 is 1. The Kier molecular flexibility index (Phi) is 7.03. The highest BCUT2D eigenvalue weighted by atomic mass is 35.5. The summed E-state index contributed by atoms with van der Waals surface area (Å²) in [6, 6.07) is 13.5. The smallest absolute Gasteiger partial charge is 0.350 e. The third-order valence-electron chi connectivity index (χ3n) is 4.69. The molecule has 8 heteroatoms. The number of carbonyl (C=O) groups excluding carboxylic acids is 1. The molecular weight excluding hydrogens is 420 g/mol. The van der Waals surface area contributed by atoms with Crippen LogP contribution in [0.4, 0.5) is 17.1 Å². The number of fused-ring (bicyclic) bond motifs is 1. The molecule has 0 aliphatic carbocycles. The number of carbonyl (C=O) groups is 1. The molecule has 0 atom stereocenters. The van der Waals surface area contributed by atoms with E-state index >= 15 is 0 Å². The van der Waals surface area contributed by atoms with E-state index in [1.54, 1.807) is 6.07 Å². The van der Waals surface area contributed by atoms with Crippen LogP contribution in [-0.2, 0) is 4.74 Å². The summed E-state index contributed by atoms with van der Waals surface area (Å²) in [5.41, 5.74) is 3.08. The standard InChI is InChI=1S/C22H21ClN4O2S/c1-4-27(12-6-11-24)15-9-10-17(14(2)13-15)25-26-20-19-16(23)7-5-8-18(19)30-21(20)22(28)29-3/h5,7-10,13H,4,6,12H2,1-3H3.